The maximum Gasteiger partial charge on any atom is 0.240 e. The fourth-order valence-electron chi connectivity index (χ4n) is 4.16. The number of benzene rings is 1. The van der Waals surface area contributed by atoms with Gasteiger partial charge in [-0.3, -0.25) is 19.3 Å². The summed E-state index contributed by atoms with van der Waals surface area (Å²) in [4.78, 5) is 38.2. The van der Waals surface area contributed by atoms with Gasteiger partial charge in [-0.2, -0.15) is 0 Å². The van der Waals surface area contributed by atoms with Crippen molar-refractivity contribution in [2.45, 2.75) is 31.5 Å². The van der Waals surface area contributed by atoms with Crippen molar-refractivity contribution >= 4 is 23.4 Å². The predicted octanol–water partition coefficient (Wildman–Crippen LogP) is 0.0899. The molecule has 4 unspecified atom stereocenters. The number of likely N-dealkylation sites (tertiary alicyclic amines) is 1. The molecule has 25 heavy (non-hydrogen) atoms. The minimum atomic E-state index is -0.381. The number of amides is 3. The first-order valence-electron chi connectivity index (χ1n) is 8.66. The molecular formula is C18H21N3O4. The molecule has 4 rings (SSSR count). The van der Waals surface area contributed by atoms with Gasteiger partial charge < -0.3 is 15.8 Å². The first-order chi connectivity index (χ1) is 12.0. The number of imide groups is 1. The van der Waals surface area contributed by atoms with Crippen molar-refractivity contribution in [2.75, 3.05) is 18.8 Å². The van der Waals surface area contributed by atoms with Crippen molar-refractivity contribution in [3.8, 4) is 0 Å². The Morgan fingerprint density at radius 2 is 1.72 bits per heavy atom. The molecule has 3 aliphatic heterocycles. The summed E-state index contributed by atoms with van der Waals surface area (Å²) in [5.74, 6) is -1.58. The molecule has 0 aliphatic carbocycles. The summed E-state index contributed by atoms with van der Waals surface area (Å²) in [6.45, 7) is 0.242. The quantitative estimate of drug-likeness (QED) is 0.583. The van der Waals surface area contributed by atoms with Crippen molar-refractivity contribution in [1.29, 1.82) is 0 Å². The number of nitrogens with two attached hydrogens (primary N) is 1. The SMILES string of the molecule is Nc1ccc(CCNC(=O)CN2C(=O)C3C4CCC(O4)C3C2=O)cc1. The highest BCUT2D eigenvalue weighted by molar-refractivity contribution is 6.08. The van der Waals surface area contributed by atoms with Gasteiger partial charge in [0, 0.05) is 12.2 Å². The minimum Gasteiger partial charge on any atom is -0.399 e. The predicted molar refractivity (Wildman–Crippen MR) is 89.2 cm³/mol. The Morgan fingerprint density at radius 1 is 1.12 bits per heavy atom. The third kappa shape index (κ3) is 2.78. The lowest BCUT2D eigenvalue weighted by Gasteiger charge is -2.17. The molecule has 3 saturated heterocycles. The zero-order valence-electron chi connectivity index (χ0n) is 13.8. The molecule has 0 aromatic heterocycles. The highest BCUT2D eigenvalue weighted by Gasteiger charge is 2.62. The van der Waals surface area contributed by atoms with Crippen LogP contribution in [0.25, 0.3) is 0 Å². The Labute approximate surface area is 145 Å². The molecule has 3 fully saturated rings. The van der Waals surface area contributed by atoms with E-state index >= 15 is 0 Å². The molecule has 4 atom stereocenters. The standard InChI is InChI=1S/C18H21N3O4/c19-11-3-1-10(2-4-11)7-8-20-14(22)9-21-17(23)15-12-5-6-13(25-12)16(15)18(21)24/h1-4,12-13,15-16H,5-9,19H2,(H,20,22). The van der Waals surface area contributed by atoms with Gasteiger partial charge in [0.1, 0.15) is 6.54 Å². The summed E-state index contributed by atoms with van der Waals surface area (Å²) in [6, 6.07) is 7.44. The van der Waals surface area contributed by atoms with Gasteiger partial charge in [0.2, 0.25) is 17.7 Å². The lowest BCUT2D eigenvalue weighted by molar-refractivity contribution is -0.145. The molecule has 3 heterocycles. The van der Waals surface area contributed by atoms with Crippen LogP contribution in [0.15, 0.2) is 24.3 Å². The summed E-state index contributed by atoms with van der Waals surface area (Å²) in [5, 5.41) is 2.77. The molecule has 7 nitrogen and oxygen atoms in total. The lowest BCUT2D eigenvalue weighted by atomic mass is 9.81. The molecule has 1 aromatic carbocycles. The Morgan fingerprint density at radius 3 is 2.32 bits per heavy atom. The Kier molecular flexibility index (Phi) is 3.95. The molecule has 132 valence electrons. The van der Waals surface area contributed by atoms with Crippen LogP contribution in [0.2, 0.25) is 0 Å². The van der Waals surface area contributed by atoms with E-state index in [9.17, 15) is 14.4 Å². The van der Waals surface area contributed by atoms with E-state index in [1.54, 1.807) is 0 Å². The zero-order chi connectivity index (χ0) is 17.6. The number of hydrogen-bond acceptors (Lipinski definition) is 5. The summed E-state index contributed by atoms with van der Waals surface area (Å²) < 4.78 is 5.68. The van der Waals surface area contributed by atoms with Gasteiger partial charge >= 0.3 is 0 Å². The number of ether oxygens (including phenoxy) is 1. The normalized spacial score (nSPS) is 30.0. The van der Waals surface area contributed by atoms with E-state index in [0.717, 1.165) is 23.3 Å². The second-order valence-corrected chi connectivity index (χ2v) is 6.95. The summed E-state index contributed by atoms with van der Waals surface area (Å²) in [7, 11) is 0. The number of carbonyl (C=O) groups excluding carboxylic acids is 3. The molecule has 1 aromatic rings. The summed E-state index contributed by atoms with van der Waals surface area (Å²) >= 11 is 0. The van der Waals surface area contributed by atoms with Crippen LogP contribution < -0.4 is 11.1 Å². The number of nitrogens with zero attached hydrogens (tertiary/aromatic N) is 1. The molecule has 3 amide bonds. The maximum absolute atomic E-state index is 12.5. The van der Waals surface area contributed by atoms with Crippen LogP contribution in [0.3, 0.4) is 0 Å². The van der Waals surface area contributed by atoms with Crippen molar-refractivity contribution in [2.24, 2.45) is 11.8 Å². The van der Waals surface area contributed by atoms with Crippen LogP contribution in [0.4, 0.5) is 5.69 Å². The first kappa shape index (κ1) is 16.1. The first-order valence-corrected chi connectivity index (χ1v) is 8.66. The van der Waals surface area contributed by atoms with Crippen molar-refractivity contribution < 1.29 is 19.1 Å². The molecule has 7 heteroatoms. The molecule has 3 N–H and O–H groups in total. The number of fused-ring (bicyclic) bond motifs is 5. The second kappa shape index (κ2) is 6.15. The van der Waals surface area contributed by atoms with E-state index in [0.29, 0.717) is 18.7 Å². The smallest absolute Gasteiger partial charge is 0.240 e. The Bertz CT molecular complexity index is 690. The molecule has 0 spiro atoms. The van der Waals surface area contributed by atoms with Gasteiger partial charge in [0.05, 0.1) is 24.0 Å². The summed E-state index contributed by atoms with van der Waals surface area (Å²) in [6.07, 6.45) is 2.02. The van der Waals surface area contributed by atoms with E-state index in [1.165, 1.54) is 0 Å². The van der Waals surface area contributed by atoms with Crippen LogP contribution >= 0.6 is 0 Å². The van der Waals surface area contributed by atoms with E-state index in [-0.39, 0.29) is 48.3 Å². The van der Waals surface area contributed by atoms with Gasteiger partial charge in [-0.1, -0.05) is 12.1 Å². The van der Waals surface area contributed by atoms with Crippen LogP contribution in [-0.4, -0.2) is 47.9 Å². The largest absolute Gasteiger partial charge is 0.399 e. The van der Waals surface area contributed by atoms with Gasteiger partial charge in [0.15, 0.2) is 0 Å². The minimum absolute atomic E-state index is 0.148. The van der Waals surface area contributed by atoms with Gasteiger partial charge in [-0.25, -0.2) is 0 Å². The number of anilines is 1. The van der Waals surface area contributed by atoms with Gasteiger partial charge in [-0.05, 0) is 37.0 Å². The monoisotopic (exact) mass is 343 g/mol. The second-order valence-electron chi connectivity index (χ2n) is 6.95. The van der Waals surface area contributed by atoms with Crippen molar-refractivity contribution in [1.82, 2.24) is 10.2 Å². The zero-order valence-corrected chi connectivity index (χ0v) is 13.8. The topological polar surface area (TPSA) is 102 Å². The van der Waals surface area contributed by atoms with Crippen LogP contribution in [0, 0.1) is 11.8 Å². The average Bonchev–Trinajstić information content (AvgIpc) is 3.27. The molecule has 3 aliphatic rings. The Hall–Kier alpha value is -2.41. The highest BCUT2D eigenvalue weighted by atomic mass is 16.5. The van der Waals surface area contributed by atoms with E-state index in [4.69, 9.17) is 10.5 Å². The van der Waals surface area contributed by atoms with E-state index < -0.39 is 0 Å². The lowest BCUT2D eigenvalue weighted by Crippen LogP contribution is -2.42. The van der Waals surface area contributed by atoms with Crippen molar-refractivity contribution in [3.63, 3.8) is 0 Å². The third-order valence-electron chi connectivity index (χ3n) is 5.39. The van der Waals surface area contributed by atoms with Crippen LogP contribution in [-0.2, 0) is 25.5 Å². The highest BCUT2D eigenvalue weighted by Crippen LogP contribution is 2.48. The number of hydrogen-bond donors (Lipinski definition) is 2. The fourth-order valence-corrected chi connectivity index (χ4v) is 4.16. The van der Waals surface area contributed by atoms with Gasteiger partial charge in [-0.15, -0.1) is 0 Å². The molecule has 2 bridgehead atoms. The van der Waals surface area contributed by atoms with Gasteiger partial charge in [0.25, 0.3) is 0 Å². The molecule has 0 radical (unpaired) electrons. The number of nitrogens with one attached hydrogen (secondary N) is 1. The number of rotatable bonds is 5. The maximum atomic E-state index is 12.5. The number of nitrogen functional groups attached to an aromatic ring is 1. The van der Waals surface area contributed by atoms with Crippen molar-refractivity contribution in [3.05, 3.63) is 29.8 Å². The van der Waals surface area contributed by atoms with E-state index in [2.05, 4.69) is 5.32 Å². The van der Waals surface area contributed by atoms with E-state index in [1.807, 2.05) is 24.3 Å². The third-order valence-corrected chi connectivity index (χ3v) is 5.39. The average molecular weight is 343 g/mol. The summed E-state index contributed by atoms with van der Waals surface area (Å²) in [5.41, 5.74) is 7.39. The molecule has 0 saturated carbocycles. The number of carbonyl (C=O) groups is 3. The van der Waals surface area contributed by atoms with Crippen LogP contribution in [0.1, 0.15) is 18.4 Å². The van der Waals surface area contributed by atoms with Crippen LogP contribution in [0.5, 0.6) is 0 Å². The Balaban J connectivity index is 1.30. The fraction of sp³-hybridized carbons (Fsp3) is 0.500. The molecular weight excluding hydrogens is 322 g/mol.